The summed E-state index contributed by atoms with van der Waals surface area (Å²) in [6.07, 6.45) is 0. The maximum Gasteiger partial charge on any atom is 0.350 e. The van der Waals surface area contributed by atoms with E-state index in [1.165, 1.54) is 22.7 Å². The average Bonchev–Trinajstić information content (AvgIpc) is 3.33. The largest absolute Gasteiger partial charge is 0.451 e. The van der Waals surface area contributed by atoms with E-state index in [0.717, 1.165) is 15.0 Å². The molecule has 0 fully saturated rings. The number of hydrogen-bond donors (Lipinski definition) is 0. The number of thiophene rings is 2. The third kappa shape index (κ3) is 2.82. The van der Waals surface area contributed by atoms with Crippen LogP contribution in [0.3, 0.4) is 0 Å². The summed E-state index contributed by atoms with van der Waals surface area (Å²) >= 11 is 9.06. The second kappa shape index (κ2) is 6.35. The molecule has 0 radical (unpaired) electrons. The lowest BCUT2D eigenvalue weighted by molar-refractivity contribution is 0.0445. The Kier molecular flexibility index (Phi) is 4.05. The highest BCUT2D eigenvalue weighted by molar-refractivity contribution is 7.21. The Morgan fingerprint density at radius 1 is 1.21 bits per heavy atom. The summed E-state index contributed by atoms with van der Waals surface area (Å²) in [7, 11) is 0. The molecule has 0 saturated heterocycles. The van der Waals surface area contributed by atoms with Crippen molar-refractivity contribution in [1.29, 1.82) is 0 Å². The molecule has 3 aromatic heterocycles. The van der Waals surface area contributed by atoms with Gasteiger partial charge in [-0.25, -0.2) is 4.79 Å². The molecule has 0 aliphatic carbocycles. The molecule has 0 N–H and O–H groups in total. The topological polar surface area (TPSA) is 65.2 Å². The number of halogens is 1. The summed E-state index contributed by atoms with van der Waals surface area (Å²) in [5.74, 6) is 0.150. The van der Waals surface area contributed by atoms with Gasteiger partial charge in [0.05, 0.1) is 9.90 Å². The smallest absolute Gasteiger partial charge is 0.350 e. The molecule has 0 unspecified atom stereocenters. The zero-order chi connectivity index (χ0) is 16.5. The van der Waals surface area contributed by atoms with Gasteiger partial charge in [-0.1, -0.05) is 35.9 Å². The van der Waals surface area contributed by atoms with Crippen molar-refractivity contribution in [3.8, 4) is 10.8 Å². The maximum absolute atomic E-state index is 12.3. The summed E-state index contributed by atoms with van der Waals surface area (Å²) in [4.78, 5) is 13.5. The van der Waals surface area contributed by atoms with E-state index < -0.39 is 5.97 Å². The first-order chi connectivity index (χ1) is 11.7. The van der Waals surface area contributed by atoms with Gasteiger partial charge < -0.3 is 9.15 Å². The highest BCUT2D eigenvalue weighted by Crippen LogP contribution is 2.35. The molecular formula is C16H9ClN2O3S2. The Hall–Kier alpha value is -2.22. The van der Waals surface area contributed by atoms with Crippen molar-refractivity contribution in [1.82, 2.24) is 10.2 Å². The van der Waals surface area contributed by atoms with Crippen molar-refractivity contribution in [3.63, 3.8) is 0 Å². The van der Waals surface area contributed by atoms with Crippen LogP contribution in [0.4, 0.5) is 0 Å². The fourth-order valence-corrected chi connectivity index (χ4v) is 4.20. The lowest BCUT2D eigenvalue weighted by Gasteiger charge is -1.99. The standard InChI is InChI=1S/C16H9ClN2O3S2/c17-13-9-4-1-2-5-10(9)24-14(13)16(20)21-8-12-18-19-15(22-12)11-6-3-7-23-11/h1-7H,8H2. The normalized spacial score (nSPS) is 11.0. The SMILES string of the molecule is O=C(OCc1nnc(-c2cccs2)o1)c1sc2ccccc2c1Cl. The number of aromatic nitrogens is 2. The number of carbonyl (C=O) groups is 1. The number of nitrogens with zero attached hydrogens (tertiary/aromatic N) is 2. The van der Waals surface area contributed by atoms with E-state index in [2.05, 4.69) is 10.2 Å². The molecule has 120 valence electrons. The van der Waals surface area contributed by atoms with E-state index >= 15 is 0 Å². The predicted octanol–water partition coefficient (Wildman–Crippen LogP) is 5.02. The minimum Gasteiger partial charge on any atom is -0.451 e. The second-order valence-electron chi connectivity index (χ2n) is 4.80. The molecule has 0 aliphatic rings. The summed E-state index contributed by atoms with van der Waals surface area (Å²) in [6.45, 7) is -0.0955. The summed E-state index contributed by atoms with van der Waals surface area (Å²) in [5.41, 5.74) is 0. The van der Waals surface area contributed by atoms with Crippen molar-refractivity contribution in [2.45, 2.75) is 6.61 Å². The molecule has 1 aromatic carbocycles. The third-order valence-electron chi connectivity index (χ3n) is 3.25. The van der Waals surface area contributed by atoms with E-state index in [9.17, 15) is 4.79 Å². The van der Waals surface area contributed by atoms with Gasteiger partial charge in [0.2, 0.25) is 0 Å². The monoisotopic (exact) mass is 376 g/mol. The Labute approximate surface area is 149 Å². The van der Waals surface area contributed by atoms with Crippen molar-refractivity contribution in [2.75, 3.05) is 0 Å². The van der Waals surface area contributed by atoms with Crippen molar-refractivity contribution in [2.24, 2.45) is 0 Å². The van der Waals surface area contributed by atoms with Crippen LogP contribution in [0.15, 0.2) is 46.2 Å². The Morgan fingerprint density at radius 3 is 2.88 bits per heavy atom. The van der Waals surface area contributed by atoms with Gasteiger partial charge in [-0.3, -0.25) is 0 Å². The first kappa shape index (κ1) is 15.3. The molecule has 0 spiro atoms. The highest BCUT2D eigenvalue weighted by atomic mass is 35.5. The number of carbonyl (C=O) groups excluding carboxylic acids is 1. The number of fused-ring (bicyclic) bond motifs is 1. The molecule has 0 saturated carbocycles. The molecule has 0 bridgehead atoms. The molecule has 3 heterocycles. The molecule has 0 aliphatic heterocycles. The first-order valence-corrected chi connectivity index (χ1v) is 9.00. The number of ether oxygens (including phenoxy) is 1. The van der Waals surface area contributed by atoms with Gasteiger partial charge >= 0.3 is 5.97 Å². The Morgan fingerprint density at radius 2 is 2.08 bits per heavy atom. The van der Waals surface area contributed by atoms with E-state index in [1.54, 1.807) is 0 Å². The molecule has 0 atom stereocenters. The van der Waals surface area contributed by atoms with Crippen molar-refractivity contribution in [3.05, 3.63) is 57.6 Å². The predicted molar refractivity (Wildman–Crippen MR) is 93.6 cm³/mol. The summed E-state index contributed by atoms with van der Waals surface area (Å²) in [5, 5.41) is 11.0. The zero-order valence-electron chi connectivity index (χ0n) is 12.1. The Balaban J connectivity index is 1.49. The van der Waals surface area contributed by atoms with E-state index in [1.807, 2.05) is 41.8 Å². The van der Waals surface area contributed by atoms with E-state index in [-0.39, 0.29) is 12.5 Å². The van der Waals surface area contributed by atoms with Gasteiger partial charge in [0.25, 0.3) is 11.8 Å². The molecule has 0 amide bonds. The fourth-order valence-electron chi connectivity index (χ4n) is 2.15. The van der Waals surface area contributed by atoms with Crippen LogP contribution < -0.4 is 0 Å². The van der Waals surface area contributed by atoms with Gasteiger partial charge in [-0.05, 0) is 17.5 Å². The molecule has 4 rings (SSSR count). The van der Waals surface area contributed by atoms with Crippen LogP contribution >= 0.6 is 34.3 Å². The minimum absolute atomic E-state index is 0.0955. The summed E-state index contributed by atoms with van der Waals surface area (Å²) in [6, 6.07) is 11.3. The first-order valence-electron chi connectivity index (χ1n) is 6.93. The van der Waals surface area contributed by atoms with Gasteiger partial charge in [0.15, 0.2) is 6.61 Å². The van der Waals surface area contributed by atoms with Gasteiger partial charge in [0, 0.05) is 10.1 Å². The Bertz CT molecular complexity index is 1010. The van der Waals surface area contributed by atoms with Gasteiger partial charge in [-0.2, -0.15) is 0 Å². The molecule has 5 nitrogen and oxygen atoms in total. The van der Waals surface area contributed by atoms with Crippen LogP contribution in [-0.2, 0) is 11.3 Å². The number of esters is 1. The van der Waals surface area contributed by atoms with E-state index in [4.69, 9.17) is 20.8 Å². The van der Waals surface area contributed by atoms with Crippen LogP contribution in [0.5, 0.6) is 0 Å². The number of benzene rings is 1. The van der Waals surface area contributed by atoms with Crippen LogP contribution in [0.1, 0.15) is 15.6 Å². The summed E-state index contributed by atoms with van der Waals surface area (Å²) < 4.78 is 11.7. The van der Waals surface area contributed by atoms with Gasteiger partial charge in [-0.15, -0.1) is 32.9 Å². The van der Waals surface area contributed by atoms with Crippen LogP contribution in [-0.4, -0.2) is 16.2 Å². The van der Waals surface area contributed by atoms with Crippen LogP contribution in [0.2, 0.25) is 5.02 Å². The lowest BCUT2D eigenvalue weighted by atomic mass is 10.2. The number of rotatable bonds is 4. The van der Waals surface area contributed by atoms with Gasteiger partial charge in [0.1, 0.15) is 4.88 Å². The lowest BCUT2D eigenvalue weighted by Crippen LogP contribution is -2.04. The molecule has 4 aromatic rings. The highest BCUT2D eigenvalue weighted by Gasteiger charge is 2.19. The molecular weight excluding hydrogens is 368 g/mol. The maximum atomic E-state index is 12.3. The minimum atomic E-state index is -0.503. The fraction of sp³-hybridized carbons (Fsp3) is 0.0625. The molecule has 8 heteroatoms. The quantitative estimate of drug-likeness (QED) is 0.468. The third-order valence-corrected chi connectivity index (χ3v) is 5.76. The van der Waals surface area contributed by atoms with Crippen molar-refractivity contribution >= 4 is 50.3 Å². The molecule has 24 heavy (non-hydrogen) atoms. The number of hydrogen-bond acceptors (Lipinski definition) is 7. The average molecular weight is 377 g/mol. The van der Waals surface area contributed by atoms with Crippen LogP contribution in [0.25, 0.3) is 20.9 Å². The van der Waals surface area contributed by atoms with Crippen molar-refractivity contribution < 1.29 is 13.9 Å². The van der Waals surface area contributed by atoms with Crippen LogP contribution in [0, 0.1) is 0 Å². The second-order valence-corrected chi connectivity index (χ2v) is 7.17. The zero-order valence-corrected chi connectivity index (χ0v) is 14.5. The van der Waals surface area contributed by atoms with E-state index in [0.29, 0.717) is 15.8 Å².